The molecule has 7 heteroatoms. The van der Waals surface area contributed by atoms with Crippen LogP contribution in [0, 0.1) is 0 Å². The molecular formula is C17H20N4O3. The Morgan fingerprint density at radius 1 is 1.25 bits per heavy atom. The van der Waals surface area contributed by atoms with Crippen LogP contribution >= 0.6 is 0 Å². The van der Waals surface area contributed by atoms with Gasteiger partial charge in [0, 0.05) is 24.9 Å². The molecule has 0 spiro atoms. The van der Waals surface area contributed by atoms with Gasteiger partial charge in [-0.15, -0.1) is 10.2 Å². The second-order valence-electron chi connectivity index (χ2n) is 5.77. The molecule has 1 aromatic carbocycles. The van der Waals surface area contributed by atoms with Gasteiger partial charge in [-0.05, 0) is 31.4 Å². The molecule has 1 fully saturated rings. The van der Waals surface area contributed by atoms with Gasteiger partial charge in [-0.2, -0.15) is 0 Å². The van der Waals surface area contributed by atoms with Crippen molar-refractivity contribution in [2.75, 3.05) is 6.54 Å². The van der Waals surface area contributed by atoms with Crippen molar-refractivity contribution in [2.24, 2.45) is 0 Å². The second-order valence-corrected chi connectivity index (χ2v) is 5.77. The van der Waals surface area contributed by atoms with Gasteiger partial charge in [-0.3, -0.25) is 9.59 Å². The van der Waals surface area contributed by atoms with Crippen molar-refractivity contribution < 1.29 is 14.0 Å². The van der Waals surface area contributed by atoms with E-state index in [0.29, 0.717) is 31.2 Å². The number of aromatic nitrogens is 2. The van der Waals surface area contributed by atoms with Gasteiger partial charge in [-0.1, -0.05) is 18.2 Å². The smallest absolute Gasteiger partial charge is 0.247 e. The molecule has 1 aliphatic rings. The lowest BCUT2D eigenvalue weighted by Gasteiger charge is -2.14. The van der Waals surface area contributed by atoms with E-state index in [9.17, 15) is 9.59 Å². The maximum atomic E-state index is 12.0. The van der Waals surface area contributed by atoms with Crippen molar-refractivity contribution in [3.8, 4) is 11.5 Å². The van der Waals surface area contributed by atoms with E-state index in [0.717, 1.165) is 18.4 Å². The predicted octanol–water partition coefficient (Wildman–Crippen LogP) is 1.45. The average molecular weight is 328 g/mol. The number of benzene rings is 1. The molecular weight excluding hydrogens is 308 g/mol. The minimum atomic E-state index is -0.442. The predicted molar refractivity (Wildman–Crippen MR) is 86.8 cm³/mol. The van der Waals surface area contributed by atoms with Gasteiger partial charge in [-0.25, -0.2) is 0 Å². The number of nitrogens with one attached hydrogen (secondary N) is 2. The zero-order valence-corrected chi connectivity index (χ0v) is 13.3. The average Bonchev–Trinajstić information content (AvgIpc) is 2.99. The Bertz CT molecular complexity index is 699. The van der Waals surface area contributed by atoms with Gasteiger partial charge in [0.15, 0.2) is 0 Å². The fraction of sp³-hybridized carbons (Fsp3) is 0.412. The van der Waals surface area contributed by atoms with E-state index in [1.807, 2.05) is 30.3 Å². The molecule has 1 aromatic heterocycles. The summed E-state index contributed by atoms with van der Waals surface area (Å²) in [6, 6.07) is 9.02. The van der Waals surface area contributed by atoms with Crippen molar-refractivity contribution in [1.82, 2.24) is 20.8 Å². The first kappa shape index (κ1) is 16.2. The van der Waals surface area contributed by atoms with E-state index in [2.05, 4.69) is 20.8 Å². The second kappa shape index (κ2) is 7.72. The number of rotatable bonds is 5. The Kier molecular flexibility index (Phi) is 5.20. The zero-order chi connectivity index (χ0) is 16.8. The highest BCUT2D eigenvalue weighted by Crippen LogP contribution is 2.17. The van der Waals surface area contributed by atoms with E-state index < -0.39 is 6.04 Å². The van der Waals surface area contributed by atoms with Crippen molar-refractivity contribution in [3.63, 3.8) is 0 Å². The van der Waals surface area contributed by atoms with Gasteiger partial charge in [0.05, 0.1) is 0 Å². The fourth-order valence-electron chi connectivity index (χ4n) is 2.62. The molecule has 2 amide bonds. The molecule has 0 aliphatic carbocycles. The van der Waals surface area contributed by atoms with Crippen LogP contribution in [0.4, 0.5) is 0 Å². The summed E-state index contributed by atoms with van der Waals surface area (Å²) in [7, 11) is 0. The van der Waals surface area contributed by atoms with Crippen LogP contribution in [0.2, 0.25) is 0 Å². The topological polar surface area (TPSA) is 97.1 Å². The number of aryl methyl sites for hydroxylation is 1. The number of amides is 2. The summed E-state index contributed by atoms with van der Waals surface area (Å²) < 4.78 is 5.57. The number of hydrogen-bond donors (Lipinski definition) is 2. The highest BCUT2D eigenvalue weighted by molar-refractivity contribution is 5.87. The summed E-state index contributed by atoms with van der Waals surface area (Å²) in [5.74, 6) is 0.560. The lowest BCUT2D eigenvalue weighted by Crippen LogP contribution is -2.45. The van der Waals surface area contributed by atoms with Gasteiger partial charge in [0.25, 0.3) is 0 Å². The first-order valence-corrected chi connectivity index (χ1v) is 8.17. The largest absolute Gasteiger partial charge is 0.421 e. The zero-order valence-electron chi connectivity index (χ0n) is 13.3. The SMILES string of the molecule is O=C(CCc1nnc(-c2ccccc2)o1)N[C@@H]1CCCCNC1=O. The van der Waals surface area contributed by atoms with Crippen molar-refractivity contribution in [1.29, 1.82) is 0 Å². The molecule has 1 saturated heterocycles. The molecule has 2 heterocycles. The van der Waals surface area contributed by atoms with Gasteiger partial charge in [0.2, 0.25) is 23.6 Å². The molecule has 126 valence electrons. The fourth-order valence-corrected chi connectivity index (χ4v) is 2.62. The summed E-state index contributed by atoms with van der Waals surface area (Å²) in [6.07, 6.45) is 3.10. The molecule has 3 rings (SSSR count). The van der Waals surface area contributed by atoms with Crippen LogP contribution in [0.15, 0.2) is 34.7 Å². The van der Waals surface area contributed by atoms with E-state index in [4.69, 9.17) is 4.42 Å². The molecule has 2 aromatic rings. The highest BCUT2D eigenvalue weighted by Gasteiger charge is 2.22. The van der Waals surface area contributed by atoms with Crippen LogP contribution in [0.1, 0.15) is 31.6 Å². The molecule has 2 N–H and O–H groups in total. The van der Waals surface area contributed by atoms with Crippen molar-refractivity contribution in [3.05, 3.63) is 36.2 Å². The highest BCUT2D eigenvalue weighted by atomic mass is 16.4. The Hall–Kier alpha value is -2.70. The standard InChI is InChI=1S/C17H20N4O3/c22-14(19-13-8-4-5-11-18-16(13)23)9-10-15-20-21-17(24-15)12-6-2-1-3-7-12/h1-3,6-7,13H,4-5,8-11H2,(H,18,23)(H,19,22)/t13-/m1/s1. The van der Waals surface area contributed by atoms with Gasteiger partial charge in [0.1, 0.15) is 6.04 Å². The first-order chi connectivity index (χ1) is 11.7. The van der Waals surface area contributed by atoms with E-state index in [1.165, 1.54) is 0 Å². The molecule has 1 atom stereocenters. The molecule has 0 bridgehead atoms. The third-order valence-corrected chi connectivity index (χ3v) is 3.92. The first-order valence-electron chi connectivity index (χ1n) is 8.17. The van der Waals surface area contributed by atoms with E-state index in [-0.39, 0.29) is 18.2 Å². The third-order valence-electron chi connectivity index (χ3n) is 3.92. The van der Waals surface area contributed by atoms with Gasteiger partial charge < -0.3 is 15.1 Å². The Morgan fingerprint density at radius 2 is 2.08 bits per heavy atom. The van der Waals surface area contributed by atoms with Crippen LogP contribution in [-0.2, 0) is 16.0 Å². The minimum absolute atomic E-state index is 0.106. The third kappa shape index (κ3) is 4.18. The van der Waals surface area contributed by atoms with Crippen LogP contribution in [0.25, 0.3) is 11.5 Å². The van der Waals surface area contributed by atoms with Gasteiger partial charge >= 0.3 is 0 Å². The summed E-state index contributed by atoms with van der Waals surface area (Å²) in [5.41, 5.74) is 0.843. The van der Waals surface area contributed by atoms with E-state index >= 15 is 0 Å². The maximum Gasteiger partial charge on any atom is 0.247 e. The Labute approximate surface area is 139 Å². The summed E-state index contributed by atoms with van der Waals surface area (Å²) in [4.78, 5) is 23.9. The van der Waals surface area contributed by atoms with E-state index in [1.54, 1.807) is 0 Å². The van der Waals surface area contributed by atoms with Crippen molar-refractivity contribution >= 4 is 11.8 Å². The maximum absolute atomic E-state index is 12.0. The van der Waals surface area contributed by atoms with Crippen molar-refractivity contribution in [2.45, 2.75) is 38.1 Å². The molecule has 0 unspecified atom stereocenters. The van der Waals surface area contributed by atoms with Crippen LogP contribution in [0.5, 0.6) is 0 Å². The summed E-state index contributed by atoms with van der Waals surface area (Å²) >= 11 is 0. The normalized spacial score (nSPS) is 17.8. The molecule has 7 nitrogen and oxygen atoms in total. The summed E-state index contributed by atoms with van der Waals surface area (Å²) in [5, 5.41) is 13.5. The number of carbonyl (C=O) groups is 2. The lowest BCUT2D eigenvalue weighted by molar-refractivity contribution is -0.128. The monoisotopic (exact) mass is 328 g/mol. The molecule has 0 radical (unpaired) electrons. The minimum Gasteiger partial charge on any atom is -0.421 e. The number of carbonyl (C=O) groups excluding carboxylic acids is 2. The Morgan fingerprint density at radius 3 is 2.92 bits per heavy atom. The number of hydrogen-bond acceptors (Lipinski definition) is 5. The quantitative estimate of drug-likeness (QED) is 0.866. The molecule has 24 heavy (non-hydrogen) atoms. The van der Waals surface area contributed by atoms with Crippen LogP contribution < -0.4 is 10.6 Å². The van der Waals surface area contributed by atoms with Crippen LogP contribution in [-0.4, -0.2) is 34.6 Å². The van der Waals surface area contributed by atoms with Crippen LogP contribution in [0.3, 0.4) is 0 Å². The molecule has 0 saturated carbocycles. The molecule has 1 aliphatic heterocycles. The number of nitrogens with zero attached hydrogens (tertiary/aromatic N) is 2. The Balaban J connectivity index is 1.51. The summed E-state index contributed by atoms with van der Waals surface area (Å²) in [6.45, 7) is 0.676. The lowest BCUT2D eigenvalue weighted by atomic mass is 10.1.